The summed E-state index contributed by atoms with van der Waals surface area (Å²) in [6, 6.07) is 6.99. The standard InChI is InChI=1S/C29H41N5O6/c1-28(2,3)39-26(37)21(13-9-10-15-30-27(38)40-29(4,5)6)33-24(35)22-23(32-18-31-22)25(36)34-16-14-19-11-7-8-12-20(19)17-34/h7-8,11-12,18,21H,9-10,13-17H2,1-6H3,(H,30,38)(H,31,32)(H,33,35)/t21-/m0/s1. The van der Waals surface area contributed by atoms with E-state index in [1.807, 2.05) is 18.2 Å². The normalized spacial score (nSPS) is 14.1. The van der Waals surface area contributed by atoms with Gasteiger partial charge in [-0.25, -0.2) is 14.6 Å². The number of ether oxygens (including phenoxy) is 2. The predicted molar refractivity (Wildman–Crippen MR) is 149 cm³/mol. The van der Waals surface area contributed by atoms with Gasteiger partial charge in [0.15, 0.2) is 5.69 Å². The van der Waals surface area contributed by atoms with Gasteiger partial charge in [0.2, 0.25) is 0 Å². The maximum absolute atomic E-state index is 13.3. The number of aromatic nitrogens is 2. The van der Waals surface area contributed by atoms with E-state index in [-0.39, 0.29) is 23.7 Å². The summed E-state index contributed by atoms with van der Waals surface area (Å²) in [4.78, 5) is 60.0. The summed E-state index contributed by atoms with van der Waals surface area (Å²) in [5, 5.41) is 5.39. The van der Waals surface area contributed by atoms with Crippen LogP contribution < -0.4 is 10.6 Å². The zero-order valence-corrected chi connectivity index (χ0v) is 24.3. The molecule has 0 aliphatic carbocycles. The zero-order chi connectivity index (χ0) is 29.5. The van der Waals surface area contributed by atoms with Crippen LogP contribution in [0.4, 0.5) is 4.79 Å². The van der Waals surface area contributed by atoms with Crippen LogP contribution >= 0.6 is 0 Å². The number of hydrogen-bond acceptors (Lipinski definition) is 7. The Labute approximate surface area is 235 Å². The van der Waals surface area contributed by atoms with Crippen LogP contribution in [0.3, 0.4) is 0 Å². The van der Waals surface area contributed by atoms with Crippen molar-refractivity contribution in [2.24, 2.45) is 0 Å². The zero-order valence-electron chi connectivity index (χ0n) is 24.3. The van der Waals surface area contributed by atoms with E-state index >= 15 is 0 Å². The fraction of sp³-hybridized carbons (Fsp3) is 0.552. The molecule has 0 unspecified atom stereocenters. The lowest BCUT2D eigenvalue weighted by Gasteiger charge is -2.28. The summed E-state index contributed by atoms with van der Waals surface area (Å²) in [6.07, 6.45) is 2.84. The summed E-state index contributed by atoms with van der Waals surface area (Å²) in [7, 11) is 0. The van der Waals surface area contributed by atoms with E-state index in [0.717, 1.165) is 12.0 Å². The van der Waals surface area contributed by atoms with Crippen LogP contribution in [0.15, 0.2) is 30.6 Å². The molecule has 0 spiro atoms. The summed E-state index contributed by atoms with van der Waals surface area (Å²) in [5.41, 5.74) is 0.914. The van der Waals surface area contributed by atoms with Crippen molar-refractivity contribution in [2.45, 2.75) is 91.0 Å². The van der Waals surface area contributed by atoms with Gasteiger partial charge in [-0.3, -0.25) is 9.59 Å². The van der Waals surface area contributed by atoms with Crippen molar-refractivity contribution >= 4 is 23.9 Å². The monoisotopic (exact) mass is 555 g/mol. The smallest absolute Gasteiger partial charge is 0.407 e. The van der Waals surface area contributed by atoms with Crippen molar-refractivity contribution in [1.82, 2.24) is 25.5 Å². The number of carbonyl (C=O) groups excluding carboxylic acids is 4. The third-order valence-corrected chi connectivity index (χ3v) is 6.07. The Bertz CT molecular complexity index is 1210. The Morgan fingerprint density at radius 2 is 1.68 bits per heavy atom. The molecule has 11 nitrogen and oxygen atoms in total. The van der Waals surface area contributed by atoms with Crippen LogP contribution in [0.5, 0.6) is 0 Å². The molecule has 0 saturated carbocycles. The number of H-pyrrole nitrogens is 1. The number of imidazole rings is 1. The minimum absolute atomic E-state index is 0.0707. The number of aromatic amines is 1. The van der Waals surface area contributed by atoms with Crippen LogP contribution in [0.25, 0.3) is 0 Å². The maximum atomic E-state index is 13.3. The fourth-order valence-electron chi connectivity index (χ4n) is 4.28. The van der Waals surface area contributed by atoms with Gasteiger partial charge >= 0.3 is 12.1 Å². The van der Waals surface area contributed by atoms with Crippen LogP contribution in [0.1, 0.15) is 92.9 Å². The molecule has 3 amide bonds. The molecule has 218 valence electrons. The van der Waals surface area contributed by atoms with Gasteiger partial charge in [-0.05, 0) is 78.4 Å². The maximum Gasteiger partial charge on any atom is 0.407 e. The summed E-state index contributed by atoms with van der Waals surface area (Å²) >= 11 is 0. The van der Waals surface area contributed by atoms with E-state index in [4.69, 9.17) is 9.47 Å². The van der Waals surface area contributed by atoms with Gasteiger partial charge in [0.05, 0.1) is 6.33 Å². The van der Waals surface area contributed by atoms with E-state index in [1.54, 1.807) is 46.4 Å². The summed E-state index contributed by atoms with van der Waals surface area (Å²) in [6.45, 7) is 11.9. The number of amides is 3. The molecule has 1 aliphatic heterocycles. The first-order valence-electron chi connectivity index (χ1n) is 13.6. The molecule has 3 rings (SSSR count). The largest absolute Gasteiger partial charge is 0.458 e. The first-order chi connectivity index (χ1) is 18.7. The number of fused-ring (bicyclic) bond motifs is 1. The molecule has 1 aliphatic rings. The number of rotatable bonds is 9. The van der Waals surface area contributed by atoms with Gasteiger partial charge in [-0.1, -0.05) is 24.3 Å². The lowest BCUT2D eigenvalue weighted by molar-refractivity contribution is -0.157. The SMILES string of the molecule is CC(C)(C)OC(=O)NCCCC[C@H](NC(=O)c1nc[nH]c1C(=O)N1CCc2ccccc2C1)C(=O)OC(C)(C)C. The highest BCUT2D eigenvalue weighted by Crippen LogP contribution is 2.21. The fourth-order valence-corrected chi connectivity index (χ4v) is 4.28. The first kappa shape index (κ1) is 30.6. The van der Waals surface area contributed by atoms with Crippen LogP contribution in [0, 0.1) is 0 Å². The van der Waals surface area contributed by atoms with Gasteiger partial charge in [-0.2, -0.15) is 0 Å². The Kier molecular flexibility index (Phi) is 9.94. The molecule has 1 aromatic heterocycles. The molecule has 0 radical (unpaired) electrons. The number of esters is 1. The lowest BCUT2D eigenvalue weighted by atomic mass is 9.99. The number of nitrogens with zero attached hydrogens (tertiary/aromatic N) is 2. The molecule has 0 bridgehead atoms. The first-order valence-corrected chi connectivity index (χ1v) is 13.6. The molecule has 0 fully saturated rings. The van der Waals surface area contributed by atoms with Gasteiger partial charge in [0, 0.05) is 19.6 Å². The molecule has 0 saturated heterocycles. The molecule has 2 aromatic rings. The predicted octanol–water partition coefficient (Wildman–Crippen LogP) is 3.74. The molecular formula is C29H41N5O6. The van der Waals surface area contributed by atoms with Gasteiger partial charge in [0.1, 0.15) is 22.9 Å². The van der Waals surface area contributed by atoms with Gasteiger partial charge in [0.25, 0.3) is 11.8 Å². The molecular weight excluding hydrogens is 514 g/mol. The van der Waals surface area contributed by atoms with E-state index in [0.29, 0.717) is 32.5 Å². The van der Waals surface area contributed by atoms with Crippen molar-refractivity contribution in [3.05, 3.63) is 53.1 Å². The van der Waals surface area contributed by atoms with Crippen LogP contribution in [-0.2, 0) is 27.2 Å². The third-order valence-electron chi connectivity index (χ3n) is 6.07. The minimum Gasteiger partial charge on any atom is -0.458 e. The molecule has 1 atom stereocenters. The molecule has 11 heteroatoms. The highest BCUT2D eigenvalue weighted by atomic mass is 16.6. The molecule has 40 heavy (non-hydrogen) atoms. The van der Waals surface area contributed by atoms with E-state index in [1.165, 1.54) is 11.9 Å². The van der Waals surface area contributed by atoms with Crippen LogP contribution in [0.2, 0.25) is 0 Å². The van der Waals surface area contributed by atoms with Crippen molar-refractivity contribution in [3.63, 3.8) is 0 Å². The topological polar surface area (TPSA) is 143 Å². The van der Waals surface area contributed by atoms with Crippen molar-refractivity contribution in [1.29, 1.82) is 0 Å². The average molecular weight is 556 g/mol. The quantitative estimate of drug-likeness (QED) is 0.316. The van der Waals surface area contributed by atoms with Crippen molar-refractivity contribution < 1.29 is 28.7 Å². The second-order valence-electron chi connectivity index (χ2n) is 11.9. The van der Waals surface area contributed by atoms with Crippen LogP contribution in [-0.4, -0.2) is 69.1 Å². The average Bonchev–Trinajstić information content (AvgIpc) is 3.35. The summed E-state index contributed by atoms with van der Waals surface area (Å²) in [5.74, 6) is -1.57. The van der Waals surface area contributed by atoms with E-state index in [2.05, 4.69) is 26.7 Å². The summed E-state index contributed by atoms with van der Waals surface area (Å²) < 4.78 is 10.7. The van der Waals surface area contributed by atoms with E-state index < -0.39 is 35.2 Å². The van der Waals surface area contributed by atoms with Gasteiger partial charge < -0.3 is 30.0 Å². The Morgan fingerprint density at radius 3 is 2.35 bits per heavy atom. The Morgan fingerprint density at radius 1 is 1.00 bits per heavy atom. The number of nitrogens with one attached hydrogen (secondary N) is 3. The minimum atomic E-state index is -0.963. The molecule has 1 aromatic carbocycles. The lowest BCUT2D eigenvalue weighted by Crippen LogP contribution is -2.45. The Balaban J connectivity index is 1.63. The second-order valence-corrected chi connectivity index (χ2v) is 11.9. The van der Waals surface area contributed by atoms with Gasteiger partial charge in [-0.15, -0.1) is 0 Å². The molecule has 2 heterocycles. The second kappa shape index (κ2) is 13.0. The number of unbranched alkanes of at least 4 members (excludes halogenated alkanes) is 1. The highest BCUT2D eigenvalue weighted by molar-refractivity contribution is 6.05. The third kappa shape index (κ3) is 9.10. The number of carbonyl (C=O) groups is 4. The Hall–Kier alpha value is -3.89. The number of hydrogen-bond donors (Lipinski definition) is 3. The van der Waals surface area contributed by atoms with E-state index in [9.17, 15) is 19.2 Å². The molecule has 3 N–H and O–H groups in total. The number of benzene rings is 1. The number of alkyl carbamates (subject to hydrolysis) is 1. The highest BCUT2D eigenvalue weighted by Gasteiger charge is 2.31. The van der Waals surface area contributed by atoms with Crippen molar-refractivity contribution in [3.8, 4) is 0 Å². The van der Waals surface area contributed by atoms with Crippen molar-refractivity contribution in [2.75, 3.05) is 13.1 Å².